The molecule has 2 aromatic heterocycles. The van der Waals surface area contributed by atoms with E-state index in [-0.39, 0.29) is 37.2 Å². The smallest absolute Gasteiger partial charge is 0.0486 e. The van der Waals surface area contributed by atoms with Crippen LogP contribution in [0.3, 0.4) is 0 Å². The van der Waals surface area contributed by atoms with Crippen molar-refractivity contribution in [3.63, 3.8) is 0 Å². The summed E-state index contributed by atoms with van der Waals surface area (Å²) in [5, 5.41) is 4.98. The van der Waals surface area contributed by atoms with E-state index < -0.39 is 0 Å². The van der Waals surface area contributed by atoms with E-state index in [0.29, 0.717) is 0 Å². The van der Waals surface area contributed by atoms with E-state index in [9.17, 15) is 0 Å². The molecule has 0 aliphatic carbocycles. The second-order valence-electron chi connectivity index (χ2n) is 8.37. The predicted octanol–water partition coefficient (Wildman–Crippen LogP) is 4.96. The predicted molar refractivity (Wildman–Crippen MR) is 136 cm³/mol. The van der Waals surface area contributed by atoms with Crippen LogP contribution in [0.5, 0.6) is 0 Å². The molecule has 0 atom stereocenters. The number of halogens is 3. The summed E-state index contributed by atoms with van der Waals surface area (Å²) in [6.07, 6.45) is 6.62. The average Bonchev–Trinajstić information content (AvgIpc) is 3.06. The van der Waals surface area contributed by atoms with Crippen molar-refractivity contribution in [1.82, 2.24) is 19.8 Å². The van der Waals surface area contributed by atoms with Gasteiger partial charge in [-0.3, -0.25) is 9.88 Å². The highest BCUT2D eigenvalue weighted by Gasteiger charge is 2.28. The molecule has 1 aromatic carbocycles. The maximum absolute atomic E-state index is 4.53. The van der Waals surface area contributed by atoms with Gasteiger partial charge in [-0.25, -0.2) is 0 Å². The summed E-state index contributed by atoms with van der Waals surface area (Å²) >= 11 is 0. The third kappa shape index (κ3) is 5.37. The van der Waals surface area contributed by atoms with Crippen molar-refractivity contribution < 1.29 is 0 Å². The molecule has 0 amide bonds. The minimum absolute atomic E-state index is 0. The lowest BCUT2D eigenvalue weighted by molar-refractivity contribution is 0.146. The van der Waals surface area contributed by atoms with Gasteiger partial charge in [0, 0.05) is 67.0 Å². The van der Waals surface area contributed by atoms with E-state index in [4.69, 9.17) is 0 Å². The summed E-state index contributed by atoms with van der Waals surface area (Å²) in [5.74, 6) is 0. The number of nitrogens with one attached hydrogen (secondary N) is 1. The Morgan fingerprint density at radius 2 is 1.87 bits per heavy atom. The minimum Gasteiger partial charge on any atom is -0.344 e. The Bertz CT molecular complexity index is 968. The first kappa shape index (κ1) is 26.0. The van der Waals surface area contributed by atoms with Crippen molar-refractivity contribution in [3.05, 3.63) is 65.1 Å². The molecule has 31 heavy (non-hydrogen) atoms. The summed E-state index contributed by atoms with van der Waals surface area (Å²) in [4.78, 5) is 7.27. The number of rotatable bonds is 4. The second-order valence-corrected chi connectivity index (χ2v) is 8.37. The zero-order valence-corrected chi connectivity index (χ0v) is 20.5. The zero-order valence-electron chi connectivity index (χ0n) is 18.0. The summed E-state index contributed by atoms with van der Waals surface area (Å²) in [5.41, 5.74) is 7.07. The molecule has 2 aliphatic heterocycles. The number of piperidine rings is 1. The lowest BCUT2D eigenvalue weighted by atomic mass is 9.98. The molecule has 3 aromatic rings. The van der Waals surface area contributed by atoms with Crippen LogP contribution in [0.25, 0.3) is 10.9 Å². The van der Waals surface area contributed by atoms with Crippen molar-refractivity contribution >= 4 is 48.1 Å². The van der Waals surface area contributed by atoms with E-state index >= 15 is 0 Å². The van der Waals surface area contributed by atoms with Crippen LogP contribution < -0.4 is 5.32 Å². The van der Waals surface area contributed by atoms with E-state index in [1.807, 2.05) is 12.3 Å². The van der Waals surface area contributed by atoms with Gasteiger partial charge in [0.1, 0.15) is 0 Å². The Labute approximate surface area is 204 Å². The molecule has 4 heterocycles. The first-order valence-corrected chi connectivity index (χ1v) is 10.7. The van der Waals surface area contributed by atoms with E-state index in [1.54, 1.807) is 11.3 Å². The van der Waals surface area contributed by atoms with Crippen LogP contribution in [-0.2, 0) is 25.9 Å². The maximum atomic E-state index is 4.53. The van der Waals surface area contributed by atoms with Gasteiger partial charge >= 0.3 is 0 Å². The highest BCUT2D eigenvalue weighted by Crippen LogP contribution is 2.33. The molecule has 7 heteroatoms. The molecule has 0 bridgehead atoms. The third-order valence-corrected chi connectivity index (χ3v) is 6.58. The summed E-state index contributed by atoms with van der Waals surface area (Å²) in [6.45, 7) is 7.86. The summed E-state index contributed by atoms with van der Waals surface area (Å²) < 4.78 is 2.58. The molecule has 0 radical (unpaired) electrons. The van der Waals surface area contributed by atoms with Gasteiger partial charge in [0.2, 0.25) is 0 Å². The van der Waals surface area contributed by atoms with E-state index in [0.717, 1.165) is 32.0 Å². The van der Waals surface area contributed by atoms with Gasteiger partial charge in [0.05, 0.1) is 0 Å². The largest absolute Gasteiger partial charge is 0.344 e. The van der Waals surface area contributed by atoms with Crippen LogP contribution in [0.1, 0.15) is 35.4 Å². The summed E-state index contributed by atoms with van der Waals surface area (Å²) in [7, 11) is 0. The SMILES string of the molecule is Cc1ccc2c(c1)c1c(n2CCc2ccccn2)CCN(C2CCNCC2)C1.Cl.Cl.Cl. The van der Waals surface area contributed by atoms with Crippen LogP contribution in [-0.4, -0.2) is 40.1 Å². The Morgan fingerprint density at radius 3 is 2.61 bits per heavy atom. The standard InChI is InChI=1S/C24H30N4.3ClH/c1-18-5-6-23-21(16-18)22-17-27(20-7-12-25-13-8-20)14-10-24(22)28(23)15-9-19-4-2-3-11-26-19;;;/h2-6,11,16,20,25H,7-10,12-15,17H2,1H3;3*1H. The molecule has 5 rings (SSSR count). The molecule has 2 aliphatic rings. The second kappa shape index (κ2) is 11.5. The van der Waals surface area contributed by atoms with Crippen LogP contribution >= 0.6 is 37.2 Å². The van der Waals surface area contributed by atoms with E-state index in [1.165, 1.54) is 54.6 Å². The number of nitrogens with zero attached hydrogens (tertiary/aromatic N) is 3. The van der Waals surface area contributed by atoms with Crippen LogP contribution in [0.2, 0.25) is 0 Å². The molecule has 170 valence electrons. The topological polar surface area (TPSA) is 33.1 Å². The van der Waals surface area contributed by atoms with Crippen molar-refractivity contribution in [2.45, 2.75) is 51.7 Å². The number of fused-ring (bicyclic) bond motifs is 3. The number of pyridine rings is 1. The normalized spacial score (nSPS) is 16.7. The monoisotopic (exact) mass is 482 g/mol. The van der Waals surface area contributed by atoms with Gasteiger partial charge in [0.15, 0.2) is 0 Å². The number of aromatic nitrogens is 2. The average molecular weight is 484 g/mol. The lowest BCUT2D eigenvalue weighted by Gasteiger charge is -2.37. The van der Waals surface area contributed by atoms with Crippen molar-refractivity contribution in [2.24, 2.45) is 0 Å². The van der Waals surface area contributed by atoms with Gasteiger partial charge in [-0.1, -0.05) is 17.7 Å². The fourth-order valence-corrected chi connectivity index (χ4v) is 5.10. The van der Waals surface area contributed by atoms with Crippen molar-refractivity contribution in [3.8, 4) is 0 Å². The van der Waals surface area contributed by atoms with Crippen LogP contribution in [0.15, 0.2) is 42.6 Å². The number of benzene rings is 1. The van der Waals surface area contributed by atoms with Gasteiger partial charge < -0.3 is 9.88 Å². The quantitative estimate of drug-likeness (QED) is 0.569. The fourth-order valence-electron chi connectivity index (χ4n) is 5.10. The van der Waals surface area contributed by atoms with Gasteiger partial charge in [-0.2, -0.15) is 0 Å². The molecule has 1 fully saturated rings. The maximum Gasteiger partial charge on any atom is 0.0486 e. The Balaban J connectivity index is 0.00000114. The van der Waals surface area contributed by atoms with E-state index in [2.05, 4.69) is 57.0 Å². The lowest BCUT2D eigenvalue weighted by Crippen LogP contribution is -2.45. The summed E-state index contributed by atoms with van der Waals surface area (Å²) in [6, 6.07) is 14.0. The third-order valence-electron chi connectivity index (χ3n) is 6.58. The number of hydrogen-bond donors (Lipinski definition) is 1. The Kier molecular flexibility index (Phi) is 9.66. The molecule has 0 spiro atoms. The van der Waals surface area contributed by atoms with Gasteiger partial charge in [-0.05, 0) is 62.7 Å². The fraction of sp³-hybridized carbons (Fsp3) is 0.458. The molecule has 4 nitrogen and oxygen atoms in total. The Morgan fingerprint density at radius 1 is 1.06 bits per heavy atom. The number of hydrogen-bond acceptors (Lipinski definition) is 3. The Hall–Kier alpha value is -1.30. The first-order chi connectivity index (χ1) is 13.8. The molecular formula is C24H33Cl3N4. The van der Waals surface area contributed by atoms with Crippen LogP contribution in [0.4, 0.5) is 0 Å². The molecule has 0 saturated carbocycles. The highest BCUT2D eigenvalue weighted by molar-refractivity contribution is 5.86. The van der Waals surface area contributed by atoms with Crippen molar-refractivity contribution in [1.29, 1.82) is 0 Å². The van der Waals surface area contributed by atoms with Crippen LogP contribution in [0, 0.1) is 6.92 Å². The molecule has 1 N–H and O–H groups in total. The minimum atomic E-state index is 0. The molecule has 1 saturated heterocycles. The van der Waals surface area contributed by atoms with Gasteiger partial charge in [0.25, 0.3) is 0 Å². The number of aryl methyl sites for hydroxylation is 3. The zero-order chi connectivity index (χ0) is 18.9. The van der Waals surface area contributed by atoms with Gasteiger partial charge in [-0.15, -0.1) is 37.2 Å². The first-order valence-electron chi connectivity index (χ1n) is 10.7. The van der Waals surface area contributed by atoms with Crippen molar-refractivity contribution in [2.75, 3.05) is 19.6 Å². The highest BCUT2D eigenvalue weighted by atomic mass is 35.5. The molecular weight excluding hydrogens is 451 g/mol. The molecule has 0 unspecified atom stereocenters.